The highest BCUT2D eigenvalue weighted by molar-refractivity contribution is 7.91. The molecule has 0 radical (unpaired) electrons. The maximum absolute atomic E-state index is 12.0. The summed E-state index contributed by atoms with van der Waals surface area (Å²) in [5.41, 5.74) is -0.739. The second-order valence-corrected chi connectivity index (χ2v) is 9.70. The number of hydrogen-bond donors (Lipinski definition) is 3. The predicted molar refractivity (Wildman–Crippen MR) is 76.9 cm³/mol. The summed E-state index contributed by atoms with van der Waals surface area (Å²) in [7, 11) is -7.31. The standard InChI is InChI=1S/C9H17N3O5S3/c1-6-7(18-8(13)11-6)20(16,17)10-5-9(2,3)12-19(4,14)15/h10,12H,5H2,1-4H3,(H,11,13). The van der Waals surface area contributed by atoms with Crippen LogP contribution in [-0.4, -0.2) is 40.2 Å². The molecule has 0 aliphatic heterocycles. The summed E-state index contributed by atoms with van der Waals surface area (Å²) in [5.74, 6) is 0. The molecule has 1 heterocycles. The molecule has 8 nitrogen and oxygen atoms in total. The highest BCUT2D eigenvalue weighted by atomic mass is 32.2. The lowest BCUT2D eigenvalue weighted by Gasteiger charge is -2.25. The van der Waals surface area contributed by atoms with Gasteiger partial charge in [-0.1, -0.05) is 11.3 Å². The Kier molecular flexibility index (Phi) is 4.81. The topological polar surface area (TPSA) is 125 Å². The van der Waals surface area contributed by atoms with Gasteiger partial charge in [0.1, 0.15) is 0 Å². The number of aryl methyl sites for hydroxylation is 1. The molecule has 20 heavy (non-hydrogen) atoms. The number of rotatable bonds is 6. The normalized spacial score (nSPS) is 13.6. The number of thiazole rings is 1. The van der Waals surface area contributed by atoms with Crippen LogP contribution in [-0.2, 0) is 20.0 Å². The monoisotopic (exact) mass is 343 g/mol. The molecule has 0 aliphatic carbocycles. The number of H-pyrrole nitrogens is 1. The number of aromatic amines is 1. The molecule has 0 bridgehead atoms. The Bertz CT molecular complexity index is 742. The summed E-state index contributed by atoms with van der Waals surface area (Å²) in [5, 5.41) is 0. The molecule has 11 heteroatoms. The van der Waals surface area contributed by atoms with Crippen LogP contribution in [0.4, 0.5) is 0 Å². The summed E-state index contributed by atoms with van der Waals surface area (Å²) in [4.78, 5) is 13.0. The first kappa shape index (κ1) is 17.3. The van der Waals surface area contributed by atoms with E-state index in [1.165, 1.54) is 6.92 Å². The maximum atomic E-state index is 12.0. The van der Waals surface area contributed by atoms with Crippen molar-refractivity contribution >= 4 is 31.4 Å². The van der Waals surface area contributed by atoms with E-state index in [9.17, 15) is 21.6 Å². The van der Waals surface area contributed by atoms with E-state index >= 15 is 0 Å². The van der Waals surface area contributed by atoms with Crippen molar-refractivity contribution in [1.29, 1.82) is 0 Å². The highest BCUT2D eigenvalue weighted by Gasteiger charge is 2.27. The van der Waals surface area contributed by atoms with Crippen molar-refractivity contribution in [2.75, 3.05) is 12.8 Å². The molecule has 1 aromatic rings. The second kappa shape index (κ2) is 5.56. The van der Waals surface area contributed by atoms with E-state index in [0.717, 1.165) is 6.26 Å². The lowest BCUT2D eigenvalue weighted by Crippen LogP contribution is -2.50. The third-order valence-electron chi connectivity index (χ3n) is 2.19. The van der Waals surface area contributed by atoms with Gasteiger partial charge in [-0.25, -0.2) is 26.3 Å². The maximum Gasteiger partial charge on any atom is 0.305 e. The highest BCUT2D eigenvalue weighted by Crippen LogP contribution is 2.16. The minimum atomic E-state index is -3.86. The van der Waals surface area contributed by atoms with Crippen LogP contribution in [0.25, 0.3) is 0 Å². The van der Waals surface area contributed by atoms with Gasteiger partial charge in [-0.05, 0) is 20.8 Å². The SMILES string of the molecule is Cc1[nH]c(=O)sc1S(=O)(=O)NCC(C)(C)NS(C)(=O)=O. The van der Waals surface area contributed by atoms with Crippen LogP contribution in [0.2, 0.25) is 0 Å². The van der Waals surface area contributed by atoms with Crippen molar-refractivity contribution in [3.05, 3.63) is 15.4 Å². The molecule has 1 aromatic heterocycles. The van der Waals surface area contributed by atoms with Gasteiger partial charge >= 0.3 is 4.87 Å². The summed E-state index contributed by atoms with van der Waals surface area (Å²) < 4.78 is 50.9. The molecule has 0 unspecified atom stereocenters. The fourth-order valence-corrected chi connectivity index (χ4v) is 5.16. The van der Waals surface area contributed by atoms with Crippen LogP contribution >= 0.6 is 11.3 Å². The molecule has 0 saturated carbocycles. The minimum Gasteiger partial charge on any atom is -0.315 e. The zero-order valence-electron chi connectivity index (χ0n) is 11.5. The van der Waals surface area contributed by atoms with Gasteiger partial charge in [-0.3, -0.25) is 4.79 Å². The lowest BCUT2D eigenvalue weighted by molar-refractivity contribution is 0.446. The molecule has 1 rings (SSSR count). The Morgan fingerprint density at radius 1 is 1.25 bits per heavy atom. The number of sulfonamides is 2. The van der Waals surface area contributed by atoms with Crippen LogP contribution < -0.4 is 14.3 Å². The molecule has 0 aromatic carbocycles. The first-order valence-corrected chi connectivity index (χ1v) is 9.70. The summed E-state index contributed by atoms with van der Waals surface area (Å²) >= 11 is 0.585. The minimum absolute atomic E-state index is 0.0994. The van der Waals surface area contributed by atoms with Gasteiger partial charge < -0.3 is 4.98 Å². The van der Waals surface area contributed by atoms with Gasteiger partial charge in [0.15, 0.2) is 4.21 Å². The first-order valence-electron chi connectivity index (χ1n) is 5.51. The van der Waals surface area contributed by atoms with Crippen molar-refractivity contribution < 1.29 is 16.8 Å². The van der Waals surface area contributed by atoms with Crippen LogP contribution in [0.1, 0.15) is 19.5 Å². The van der Waals surface area contributed by atoms with Crippen molar-refractivity contribution in [1.82, 2.24) is 14.4 Å². The molecule has 0 aliphatic rings. The fraction of sp³-hybridized carbons (Fsp3) is 0.667. The lowest BCUT2D eigenvalue weighted by atomic mass is 10.1. The number of nitrogens with one attached hydrogen (secondary N) is 3. The van der Waals surface area contributed by atoms with Crippen molar-refractivity contribution in [2.24, 2.45) is 0 Å². The van der Waals surface area contributed by atoms with E-state index in [0.29, 0.717) is 11.3 Å². The predicted octanol–water partition coefficient (Wildman–Crippen LogP) is -0.649. The van der Waals surface area contributed by atoms with E-state index in [1.807, 2.05) is 0 Å². The molecule has 0 saturated heterocycles. The number of hydrogen-bond acceptors (Lipinski definition) is 6. The van der Waals surface area contributed by atoms with Crippen molar-refractivity contribution in [2.45, 2.75) is 30.5 Å². The van der Waals surface area contributed by atoms with Crippen LogP contribution in [0.3, 0.4) is 0 Å². The van der Waals surface area contributed by atoms with Gasteiger partial charge in [-0.2, -0.15) is 0 Å². The molecular weight excluding hydrogens is 326 g/mol. The Hall–Kier alpha value is -0.750. The average Bonchev–Trinajstić information content (AvgIpc) is 2.52. The largest absolute Gasteiger partial charge is 0.315 e. The van der Waals surface area contributed by atoms with Crippen LogP contribution in [0, 0.1) is 6.92 Å². The van der Waals surface area contributed by atoms with Crippen LogP contribution in [0.5, 0.6) is 0 Å². The molecular formula is C9H17N3O5S3. The third-order valence-corrected chi connectivity index (χ3v) is 6.12. The van der Waals surface area contributed by atoms with E-state index in [4.69, 9.17) is 0 Å². The quantitative estimate of drug-likeness (QED) is 0.633. The molecule has 0 amide bonds. The Morgan fingerprint density at radius 2 is 1.80 bits per heavy atom. The van der Waals surface area contributed by atoms with E-state index in [-0.39, 0.29) is 16.4 Å². The summed E-state index contributed by atoms with van der Waals surface area (Å²) in [6.07, 6.45) is 0.991. The zero-order valence-corrected chi connectivity index (χ0v) is 13.9. The number of aromatic nitrogens is 1. The second-order valence-electron chi connectivity index (χ2n) is 5.01. The van der Waals surface area contributed by atoms with E-state index in [2.05, 4.69) is 14.4 Å². The first-order chi connectivity index (χ1) is 8.82. The van der Waals surface area contributed by atoms with Crippen molar-refractivity contribution in [3.63, 3.8) is 0 Å². The fourth-order valence-electron chi connectivity index (χ4n) is 1.53. The van der Waals surface area contributed by atoms with Crippen LogP contribution in [0.15, 0.2) is 9.00 Å². The molecule has 116 valence electrons. The molecule has 3 N–H and O–H groups in total. The third kappa shape index (κ3) is 4.98. The van der Waals surface area contributed by atoms with E-state index in [1.54, 1.807) is 13.8 Å². The van der Waals surface area contributed by atoms with Gasteiger partial charge in [0.25, 0.3) is 10.0 Å². The van der Waals surface area contributed by atoms with Gasteiger partial charge in [0.2, 0.25) is 10.0 Å². The van der Waals surface area contributed by atoms with E-state index < -0.39 is 30.5 Å². The van der Waals surface area contributed by atoms with Gasteiger partial charge in [-0.15, -0.1) is 0 Å². The zero-order chi connectivity index (χ0) is 15.8. The average molecular weight is 343 g/mol. The molecule has 0 fully saturated rings. The molecule has 0 atom stereocenters. The summed E-state index contributed by atoms with van der Waals surface area (Å²) in [6, 6.07) is 0. The Labute approximate surface area is 121 Å². The Balaban J connectivity index is 2.89. The molecule has 0 spiro atoms. The summed E-state index contributed by atoms with van der Waals surface area (Å²) in [6.45, 7) is 4.42. The Morgan fingerprint density at radius 3 is 2.20 bits per heavy atom. The smallest absolute Gasteiger partial charge is 0.305 e. The van der Waals surface area contributed by atoms with Gasteiger partial charge in [0.05, 0.1) is 6.26 Å². The van der Waals surface area contributed by atoms with Crippen molar-refractivity contribution in [3.8, 4) is 0 Å². The van der Waals surface area contributed by atoms with Gasteiger partial charge in [0, 0.05) is 17.8 Å².